The van der Waals surface area contributed by atoms with Crippen LogP contribution in [0.15, 0.2) is 24.3 Å². The number of anilines is 1. The van der Waals surface area contributed by atoms with Gasteiger partial charge in [-0.25, -0.2) is 0 Å². The first kappa shape index (κ1) is 15.8. The van der Waals surface area contributed by atoms with Crippen molar-refractivity contribution in [2.75, 3.05) is 37.6 Å². The Morgan fingerprint density at radius 1 is 1.29 bits per heavy atom. The maximum atomic E-state index is 12.1. The van der Waals surface area contributed by atoms with E-state index in [1.807, 2.05) is 18.7 Å². The van der Waals surface area contributed by atoms with Crippen molar-refractivity contribution in [3.05, 3.63) is 29.8 Å². The van der Waals surface area contributed by atoms with E-state index in [2.05, 4.69) is 34.5 Å². The van der Waals surface area contributed by atoms with E-state index in [-0.39, 0.29) is 5.91 Å². The van der Waals surface area contributed by atoms with Gasteiger partial charge in [-0.1, -0.05) is 18.2 Å². The van der Waals surface area contributed by atoms with E-state index in [9.17, 15) is 4.79 Å². The summed E-state index contributed by atoms with van der Waals surface area (Å²) in [6, 6.07) is 8.56. The number of nitrogens with one attached hydrogen (secondary N) is 1. The third-order valence-electron chi connectivity index (χ3n) is 4.14. The summed E-state index contributed by atoms with van der Waals surface area (Å²) < 4.78 is 0. The molecule has 1 heterocycles. The summed E-state index contributed by atoms with van der Waals surface area (Å²) in [7, 11) is 0. The summed E-state index contributed by atoms with van der Waals surface area (Å²) in [6.07, 6.45) is 1.57. The van der Waals surface area contributed by atoms with Crippen LogP contribution < -0.4 is 10.2 Å². The van der Waals surface area contributed by atoms with Gasteiger partial charge in [0.1, 0.15) is 0 Å². The quantitative estimate of drug-likeness (QED) is 0.872. The normalized spacial score (nSPS) is 14.5. The number of fused-ring (bicyclic) bond motifs is 1. The minimum Gasteiger partial charge on any atom is -0.370 e. The highest BCUT2D eigenvalue weighted by Gasteiger charge is 2.15. The first-order valence-electron chi connectivity index (χ1n) is 8.07. The molecule has 0 atom stereocenters. The molecule has 0 unspecified atom stereocenters. The van der Waals surface area contributed by atoms with Gasteiger partial charge in [0.15, 0.2) is 0 Å². The molecule has 1 amide bonds. The monoisotopic (exact) mass is 289 g/mol. The molecular weight excluding hydrogens is 262 g/mol. The summed E-state index contributed by atoms with van der Waals surface area (Å²) in [4.78, 5) is 16.4. The molecule has 1 aromatic carbocycles. The van der Waals surface area contributed by atoms with Crippen molar-refractivity contribution >= 4 is 11.6 Å². The van der Waals surface area contributed by atoms with Crippen LogP contribution in [0.4, 0.5) is 5.69 Å². The second kappa shape index (κ2) is 8.03. The Morgan fingerprint density at radius 3 is 2.81 bits per heavy atom. The van der Waals surface area contributed by atoms with Crippen LogP contribution in [0.2, 0.25) is 0 Å². The van der Waals surface area contributed by atoms with Crippen LogP contribution in [-0.4, -0.2) is 43.5 Å². The first-order chi connectivity index (χ1) is 10.3. The molecule has 0 radical (unpaired) electrons. The van der Waals surface area contributed by atoms with Crippen molar-refractivity contribution < 1.29 is 4.79 Å². The SMILES string of the molecule is CCN(CC)C(=O)CCCN1CCNCc2ccccc21. The molecule has 0 aromatic heterocycles. The molecule has 1 N–H and O–H groups in total. The van der Waals surface area contributed by atoms with Crippen LogP contribution >= 0.6 is 0 Å². The van der Waals surface area contributed by atoms with Gasteiger partial charge in [0.25, 0.3) is 0 Å². The zero-order chi connectivity index (χ0) is 15.1. The zero-order valence-corrected chi connectivity index (χ0v) is 13.3. The molecule has 0 saturated carbocycles. The van der Waals surface area contributed by atoms with Crippen LogP contribution in [0.3, 0.4) is 0 Å². The Morgan fingerprint density at radius 2 is 2.05 bits per heavy atom. The maximum absolute atomic E-state index is 12.1. The molecule has 4 nitrogen and oxygen atoms in total. The average molecular weight is 289 g/mol. The predicted octanol–water partition coefficient (Wildman–Crippen LogP) is 2.24. The smallest absolute Gasteiger partial charge is 0.222 e. The van der Waals surface area contributed by atoms with Gasteiger partial charge < -0.3 is 15.1 Å². The molecule has 0 fully saturated rings. The van der Waals surface area contributed by atoms with Crippen LogP contribution in [0, 0.1) is 0 Å². The van der Waals surface area contributed by atoms with Gasteiger partial charge >= 0.3 is 0 Å². The molecule has 0 saturated heterocycles. The minimum absolute atomic E-state index is 0.279. The Balaban J connectivity index is 1.90. The molecule has 116 valence electrons. The van der Waals surface area contributed by atoms with Gasteiger partial charge in [-0.05, 0) is 31.9 Å². The Bertz CT molecular complexity index is 457. The topological polar surface area (TPSA) is 35.6 Å². The van der Waals surface area contributed by atoms with Crippen molar-refractivity contribution in [3.63, 3.8) is 0 Å². The summed E-state index contributed by atoms with van der Waals surface area (Å²) >= 11 is 0. The second-order valence-electron chi connectivity index (χ2n) is 5.46. The molecule has 4 heteroatoms. The fourth-order valence-electron chi connectivity index (χ4n) is 2.91. The molecule has 1 aliphatic rings. The Labute approximate surface area is 128 Å². The zero-order valence-electron chi connectivity index (χ0n) is 13.3. The number of carbonyl (C=O) groups is 1. The standard InChI is InChI=1S/C17H27N3O/c1-3-19(4-2)17(21)10-7-12-20-13-11-18-14-15-8-5-6-9-16(15)20/h5-6,8-9,18H,3-4,7,10-14H2,1-2H3. The number of hydrogen-bond acceptors (Lipinski definition) is 3. The number of nitrogens with zero attached hydrogens (tertiary/aromatic N) is 2. The molecular formula is C17H27N3O. The van der Waals surface area contributed by atoms with E-state index >= 15 is 0 Å². The lowest BCUT2D eigenvalue weighted by molar-refractivity contribution is -0.130. The van der Waals surface area contributed by atoms with Crippen molar-refractivity contribution in [2.24, 2.45) is 0 Å². The highest BCUT2D eigenvalue weighted by molar-refractivity contribution is 5.76. The number of benzene rings is 1. The fourth-order valence-corrected chi connectivity index (χ4v) is 2.91. The van der Waals surface area contributed by atoms with E-state index in [1.165, 1.54) is 11.3 Å². The molecule has 2 rings (SSSR count). The number of carbonyl (C=O) groups excluding carboxylic acids is 1. The second-order valence-corrected chi connectivity index (χ2v) is 5.46. The maximum Gasteiger partial charge on any atom is 0.222 e. The predicted molar refractivity (Wildman–Crippen MR) is 87.5 cm³/mol. The van der Waals surface area contributed by atoms with Crippen molar-refractivity contribution in [2.45, 2.75) is 33.2 Å². The van der Waals surface area contributed by atoms with Gasteiger partial charge in [-0.2, -0.15) is 0 Å². The molecule has 0 spiro atoms. The molecule has 21 heavy (non-hydrogen) atoms. The largest absolute Gasteiger partial charge is 0.370 e. The fraction of sp³-hybridized carbons (Fsp3) is 0.588. The number of amides is 1. The van der Waals surface area contributed by atoms with Gasteiger partial charge in [-0.3, -0.25) is 4.79 Å². The summed E-state index contributed by atoms with van der Waals surface area (Å²) in [5.74, 6) is 0.279. The highest BCUT2D eigenvalue weighted by atomic mass is 16.2. The van der Waals surface area contributed by atoms with Gasteiger partial charge in [0.05, 0.1) is 0 Å². The van der Waals surface area contributed by atoms with E-state index in [0.717, 1.165) is 45.7 Å². The number of rotatable bonds is 6. The Hall–Kier alpha value is -1.55. The van der Waals surface area contributed by atoms with Crippen molar-refractivity contribution in [3.8, 4) is 0 Å². The van der Waals surface area contributed by atoms with E-state index in [0.29, 0.717) is 6.42 Å². The third-order valence-corrected chi connectivity index (χ3v) is 4.14. The average Bonchev–Trinajstić information content (AvgIpc) is 2.71. The highest BCUT2D eigenvalue weighted by Crippen LogP contribution is 2.22. The van der Waals surface area contributed by atoms with Crippen LogP contribution in [0.25, 0.3) is 0 Å². The Kier molecular flexibility index (Phi) is 6.05. The lowest BCUT2D eigenvalue weighted by Crippen LogP contribution is -2.33. The van der Waals surface area contributed by atoms with Gasteiger partial charge in [-0.15, -0.1) is 0 Å². The van der Waals surface area contributed by atoms with Crippen molar-refractivity contribution in [1.29, 1.82) is 0 Å². The summed E-state index contributed by atoms with van der Waals surface area (Å²) in [5, 5.41) is 3.45. The summed E-state index contributed by atoms with van der Waals surface area (Å²) in [5.41, 5.74) is 2.67. The van der Waals surface area contributed by atoms with Gasteiger partial charge in [0.2, 0.25) is 5.91 Å². The molecule has 0 bridgehead atoms. The van der Waals surface area contributed by atoms with E-state index in [4.69, 9.17) is 0 Å². The summed E-state index contributed by atoms with van der Waals surface area (Å²) in [6.45, 7) is 9.60. The van der Waals surface area contributed by atoms with Crippen LogP contribution in [0.1, 0.15) is 32.3 Å². The van der Waals surface area contributed by atoms with Crippen molar-refractivity contribution in [1.82, 2.24) is 10.2 Å². The van der Waals surface area contributed by atoms with Crippen LogP contribution in [-0.2, 0) is 11.3 Å². The number of para-hydroxylation sites is 1. The molecule has 1 aliphatic heterocycles. The van der Waals surface area contributed by atoms with E-state index in [1.54, 1.807) is 0 Å². The minimum atomic E-state index is 0.279. The van der Waals surface area contributed by atoms with Crippen LogP contribution in [0.5, 0.6) is 0 Å². The first-order valence-corrected chi connectivity index (χ1v) is 8.07. The lowest BCUT2D eigenvalue weighted by Gasteiger charge is -2.25. The van der Waals surface area contributed by atoms with E-state index < -0.39 is 0 Å². The molecule has 1 aromatic rings. The lowest BCUT2D eigenvalue weighted by atomic mass is 10.1. The van der Waals surface area contributed by atoms with Gasteiger partial charge in [0, 0.05) is 51.4 Å². The third kappa shape index (κ3) is 4.21. The number of hydrogen-bond donors (Lipinski definition) is 1. The molecule has 0 aliphatic carbocycles.